The molecular weight excluding hydrogens is 148 g/mol. The number of rotatable bonds is 1. The number of hydrogen-bond donors (Lipinski definition) is 1. The van der Waals surface area contributed by atoms with E-state index in [1.165, 1.54) is 11.8 Å². The number of nitrogens with zero attached hydrogens (tertiary/aromatic N) is 3. The van der Waals surface area contributed by atoms with Crippen LogP contribution in [0.5, 0.6) is 0 Å². The third-order valence-corrected chi connectivity index (χ3v) is 1.67. The van der Waals surface area contributed by atoms with Gasteiger partial charge in [0.05, 0.1) is 0 Å². The highest BCUT2D eigenvalue weighted by atomic mass is 32.2. The summed E-state index contributed by atoms with van der Waals surface area (Å²) in [7, 11) is 0. The Morgan fingerprint density at radius 2 is 2.10 bits per heavy atom. The fraction of sp³-hybridized carbons (Fsp3) is 0.400. The van der Waals surface area contributed by atoms with Crippen LogP contribution in [-0.4, -0.2) is 21.4 Å². The number of nitrogens with two attached hydrogens (primary N) is 1. The molecule has 0 unspecified atom stereocenters. The zero-order chi connectivity index (χ0) is 7.56. The lowest BCUT2D eigenvalue weighted by Gasteiger charge is -1.97. The summed E-state index contributed by atoms with van der Waals surface area (Å²) in [5, 5.41) is 8.12. The molecule has 0 spiro atoms. The van der Waals surface area contributed by atoms with E-state index in [1.54, 1.807) is 6.92 Å². The van der Waals surface area contributed by atoms with Gasteiger partial charge in [-0.2, -0.15) is 0 Å². The van der Waals surface area contributed by atoms with Crippen molar-refractivity contribution >= 4 is 17.6 Å². The molecular formula is C5H8N4S. The smallest absolute Gasteiger partial charge is 0.178 e. The molecule has 0 radical (unpaired) electrons. The van der Waals surface area contributed by atoms with E-state index in [-0.39, 0.29) is 0 Å². The summed E-state index contributed by atoms with van der Waals surface area (Å²) in [6.07, 6.45) is 1.90. The van der Waals surface area contributed by atoms with Crippen molar-refractivity contribution in [2.45, 2.75) is 11.9 Å². The lowest BCUT2D eigenvalue weighted by atomic mass is 10.7. The summed E-state index contributed by atoms with van der Waals surface area (Å²) < 4.78 is 0. The van der Waals surface area contributed by atoms with Gasteiger partial charge in [-0.05, 0) is 13.2 Å². The van der Waals surface area contributed by atoms with Gasteiger partial charge in [0.25, 0.3) is 0 Å². The van der Waals surface area contributed by atoms with Crippen LogP contribution in [0.4, 0.5) is 5.82 Å². The molecule has 1 heterocycles. The molecule has 0 aromatic carbocycles. The monoisotopic (exact) mass is 156 g/mol. The standard InChI is InChI=1S/C5H8N4S/c1-3-7-5(10-2)4(6)9-8-3/h1-2H3,(H2,6,9). The summed E-state index contributed by atoms with van der Waals surface area (Å²) >= 11 is 1.47. The van der Waals surface area contributed by atoms with Crippen LogP contribution in [0.1, 0.15) is 5.82 Å². The average Bonchev–Trinajstić information content (AvgIpc) is 1.94. The Balaban J connectivity index is 3.09. The minimum atomic E-state index is 0.401. The Morgan fingerprint density at radius 3 is 2.60 bits per heavy atom. The molecule has 0 bridgehead atoms. The van der Waals surface area contributed by atoms with Crippen molar-refractivity contribution in [3.8, 4) is 0 Å². The van der Waals surface area contributed by atoms with E-state index in [0.717, 1.165) is 5.03 Å². The molecule has 10 heavy (non-hydrogen) atoms. The summed E-state index contributed by atoms with van der Waals surface area (Å²) in [6, 6.07) is 0. The Kier molecular flexibility index (Phi) is 2.06. The molecule has 0 aliphatic carbocycles. The van der Waals surface area contributed by atoms with Gasteiger partial charge in [-0.1, -0.05) is 0 Å². The van der Waals surface area contributed by atoms with Crippen LogP contribution in [0, 0.1) is 6.92 Å². The predicted molar refractivity (Wildman–Crippen MR) is 40.8 cm³/mol. The van der Waals surface area contributed by atoms with Crippen molar-refractivity contribution in [2.24, 2.45) is 0 Å². The lowest BCUT2D eigenvalue weighted by Crippen LogP contribution is -2.00. The van der Waals surface area contributed by atoms with Crippen molar-refractivity contribution < 1.29 is 0 Å². The second-order valence-corrected chi connectivity index (χ2v) is 2.55. The third-order valence-electron chi connectivity index (χ3n) is 0.978. The summed E-state index contributed by atoms with van der Waals surface area (Å²) in [5.41, 5.74) is 5.44. The van der Waals surface area contributed by atoms with Crippen LogP contribution in [0.2, 0.25) is 0 Å². The predicted octanol–water partition coefficient (Wildman–Crippen LogP) is 0.484. The minimum absolute atomic E-state index is 0.401. The maximum absolute atomic E-state index is 5.44. The minimum Gasteiger partial charge on any atom is -0.380 e. The summed E-state index contributed by atoms with van der Waals surface area (Å²) in [6.45, 7) is 1.78. The number of aryl methyl sites for hydroxylation is 1. The van der Waals surface area contributed by atoms with Gasteiger partial charge < -0.3 is 5.73 Å². The second kappa shape index (κ2) is 2.83. The zero-order valence-corrected chi connectivity index (χ0v) is 6.64. The Morgan fingerprint density at radius 1 is 1.40 bits per heavy atom. The Labute approximate surface area is 63.3 Å². The van der Waals surface area contributed by atoms with Crippen LogP contribution >= 0.6 is 11.8 Å². The van der Waals surface area contributed by atoms with Gasteiger partial charge in [0.15, 0.2) is 5.82 Å². The van der Waals surface area contributed by atoms with E-state index in [9.17, 15) is 0 Å². The number of thioether (sulfide) groups is 1. The van der Waals surface area contributed by atoms with Crippen molar-refractivity contribution in [3.05, 3.63) is 5.82 Å². The first-order chi connectivity index (χ1) is 4.74. The molecule has 0 saturated carbocycles. The van der Waals surface area contributed by atoms with Crippen molar-refractivity contribution in [1.82, 2.24) is 15.2 Å². The summed E-state index contributed by atoms with van der Waals surface area (Å²) in [4.78, 5) is 4.06. The number of nitrogen functional groups attached to an aromatic ring is 1. The third kappa shape index (κ3) is 1.36. The lowest BCUT2D eigenvalue weighted by molar-refractivity contribution is 0.862. The highest BCUT2D eigenvalue weighted by Crippen LogP contribution is 2.15. The molecule has 0 atom stereocenters. The topological polar surface area (TPSA) is 64.7 Å². The SMILES string of the molecule is CSc1nc(C)nnc1N. The van der Waals surface area contributed by atoms with Gasteiger partial charge in [-0.3, -0.25) is 0 Å². The van der Waals surface area contributed by atoms with E-state index in [4.69, 9.17) is 5.73 Å². The molecule has 5 heteroatoms. The molecule has 2 N–H and O–H groups in total. The molecule has 0 fully saturated rings. The van der Waals surface area contributed by atoms with E-state index in [1.807, 2.05) is 6.26 Å². The number of hydrogen-bond acceptors (Lipinski definition) is 5. The Hall–Kier alpha value is -0.840. The molecule has 1 aromatic heterocycles. The van der Waals surface area contributed by atoms with Gasteiger partial charge in [0.2, 0.25) is 0 Å². The molecule has 4 nitrogen and oxygen atoms in total. The molecule has 1 aromatic rings. The van der Waals surface area contributed by atoms with Gasteiger partial charge in [-0.25, -0.2) is 4.98 Å². The van der Waals surface area contributed by atoms with Crippen LogP contribution in [0.25, 0.3) is 0 Å². The van der Waals surface area contributed by atoms with E-state index >= 15 is 0 Å². The first-order valence-electron chi connectivity index (χ1n) is 2.75. The van der Waals surface area contributed by atoms with E-state index in [0.29, 0.717) is 11.6 Å². The highest BCUT2D eigenvalue weighted by molar-refractivity contribution is 7.98. The van der Waals surface area contributed by atoms with Crippen LogP contribution in [0.3, 0.4) is 0 Å². The molecule has 54 valence electrons. The number of anilines is 1. The van der Waals surface area contributed by atoms with E-state index < -0.39 is 0 Å². The number of aromatic nitrogens is 3. The van der Waals surface area contributed by atoms with E-state index in [2.05, 4.69) is 15.2 Å². The molecule has 0 aliphatic rings. The van der Waals surface area contributed by atoms with Gasteiger partial charge in [0, 0.05) is 0 Å². The molecule has 1 rings (SSSR count). The first kappa shape index (κ1) is 7.27. The normalized spacial score (nSPS) is 9.80. The van der Waals surface area contributed by atoms with Gasteiger partial charge >= 0.3 is 0 Å². The van der Waals surface area contributed by atoms with Crippen LogP contribution < -0.4 is 5.73 Å². The summed E-state index contributed by atoms with van der Waals surface area (Å²) in [5.74, 6) is 1.05. The highest BCUT2D eigenvalue weighted by Gasteiger charge is 2.00. The Bertz CT molecular complexity index is 237. The fourth-order valence-corrected chi connectivity index (χ4v) is 1.02. The molecule has 0 saturated heterocycles. The quantitative estimate of drug-likeness (QED) is 0.599. The van der Waals surface area contributed by atoms with Gasteiger partial charge in [0.1, 0.15) is 10.9 Å². The molecule has 0 amide bonds. The van der Waals surface area contributed by atoms with Crippen molar-refractivity contribution in [3.63, 3.8) is 0 Å². The maximum Gasteiger partial charge on any atom is 0.178 e. The maximum atomic E-state index is 5.44. The largest absolute Gasteiger partial charge is 0.380 e. The van der Waals surface area contributed by atoms with Crippen LogP contribution in [-0.2, 0) is 0 Å². The molecule has 0 aliphatic heterocycles. The average molecular weight is 156 g/mol. The van der Waals surface area contributed by atoms with Crippen LogP contribution in [0.15, 0.2) is 5.03 Å². The fourth-order valence-electron chi connectivity index (χ4n) is 0.546. The zero-order valence-electron chi connectivity index (χ0n) is 5.83. The van der Waals surface area contributed by atoms with Crippen molar-refractivity contribution in [2.75, 3.05) is 12.0 Å². The van der Waals surface area contributed by atoms with Crippen molar-refractivity contribution in [1.29, 1.82) is 0 Å². The second-order valence-electron chi connectivity index (χ2n) is 1.75. The van der Waals surface area contributed by atoms with Gasteiger partial charge in [-0.15, -0.1) is 22.0 Å². The first-order valence-corrected chi connectivity index (χ1v) is 3.97.